The molecule has 3 aromatic rings. The van der Waals surface area contributed by atoms with E-state index in [0.717, 1.165) is 40.3 Å². The van der Waals surface area contributed by atoms with Crippen molar-refractivity contribution >= 4 is 5.71 Å². The minimum atomic E-state index is -0.232. The average molecular weight is 389 g/mol. The number of benzene rings is 1. The van der Waals surface area contributed by atoms with Crippen molar-refractivity contribution < 1.29 is 4.39 Å². The largest absolute Gasteiger partial charge is 0.405 e. The van der Waals surface area contributed by atoms with Gasteiger partial charge in [0.1, 0.15) is 5.82 Å². The molecule has 0 aliphatic heterocycles. The summed E-state index contributed by atoms with van der Waals surface area (Å²) in [4.78, 5) is 17.7. The van der Waals surface area contributed by atoms with Crippen molar-refractivity contribution in [3.63, 3.8) is 0 Å². The van der Waals surface area contributed by atoms with Crippen LogP contribution in [-0.2, 0) is 12.8 Å². The van der Waals surface area contributed by atoms with Crippen molar-refractivity contribution in [1.82, 2.24) is 15.0 Å². The number of rotatable bonds is 7. The Morgan fingerprint density at radius 1 is 1.14 bits per heavy atom. The summed E-state index contributed by atoms with van der Waals surface area (Å²) in [5.74, 6) is -0.0421. The molecular weight excluding hydrogens is 365 g/mol. The number of allylic oxidation sites excluding steroid dienone is 1. The monoisotopic (exact) mass is 389 g/mol. The number of hydrogen-bond acceptors (Lipinski definition) is 5. The number of aromatic nitrogens is 3. The SMILES string of the molecule is CN=C(C=CN)c1cc(Cc2cnccn2)nc(C[C@@H](C)c2ccc(F)cc2)c1. The number of halogens is 1. The first kappa shape index (κ1) is 20.3. The molecule has 0 radical (unpaired) electrons. The molecule has 0 unspecified atom stereocenters. The Morgan fingerprint density at radius 2 is 1.90 bits per heavy atom. The maximum atomic E-state index is 13.2. The van der Waals surface area contributed by atoms with E-state index in [1.165, 1.54) is 18.3 Å². The van der Waals surface area contributed by atoms with Gasteiger partial charge in [-0.15, -0.1) is 0 Å². The van der Waals surface area contributed by atoms with Gasteiger partial charge in [0.2, 0.25) is 0 Å². The fourth-order valence-electron chi connectivity index (χ4n) is 3.21. The van der Waals surface area contributed by atoms with Crippen LogP contribution in [0, 0.1) is 5.82 Å². The van der Waals surface area contributed by atoms with Crippen LogP contribution in [0.25, 0.3) is 0 Å². The molecule has 6 heteroatoms. The van der Waals surface area contributed by atoms with E-state index in [1.807, 2.05) is 24.3 Å². The van der Waals surface area contributed by atoms with Crippen molar-refractivity contribution in [2.45, 2.75) is 25.7 Å². The summed E-state index contributed by atoms with van der Waals surface area (Å²) in [6.07, 6.45) is 9.60. The Bertz CT molecular complexity index is 998. The summed E-state index contributed by atoms with van der Waals surface area (Å²) >= 11 is 0. The molecule has 3 rings (SSSR count). The van der Waals surface area contributed by atoms with Crippen LogP contribution in [0.3, 0.4) is 0 Å². The van der Waals surface area contributed by atoms with Gasteiger partial charge in [0.25, 0.3) is 0 Å². The van der Waals surface area contributed by atoms with Gasteiger partial charge in [0.15, 0.2) is 0 Å². The highest BCUT2D eigenvalue weighted by atomic mass is 19.1. The first-order valence-corrected chi connectivity index (χ1v) is 9.44. The van der Waals surface area contributed by atoms with Gasteiger partial charge in [0.05, 0.1) is 11.4 Å². The van der Waals surface area contributed by atoms with Crippen molar-refractivity contribution in [2.24, 2.45) is 10.7 Å². The van der Waals surface area contributed by atoms with E-state index in [2.05, 4.69) is 21.9 Å². The number of nitrogens with zero attached hydrogens (tertiary/aromatic N) is 4. The van der Waals surface area contributed by atoms with Crippen LogP contribution in [0.4, 0.5) is 4.39 Å². The lowest BCUT2D eigenvalue weighted by atomic mass is 9.94. The Labute approximate surface area is 170 Å². The molecule has 0 bridgehead atoms. The topological polar surface area (TPSA) is 77.0 Å². The molecule has 29 heavy (non-hydrogen) atoms. The molecular formula is C23H24FN5. The molecule has 0 spiro atoms. The molecule has 0 aliphatic carbocycles. The van der Waals surface area contributed by atoms with Crippen LogP contribution in [0.15, 0.2) is 72.3 Å². The summed E-state index contributed by atoms with van der Waals surface area (Å²) in [6, 6.07) is 10.7. The summed E-state index contributed by atoms with van der Waals surface area (Å²) in [5.41, 5.74) is 11.1. The smallest absolute Gasteiger partial charge is 0.123 e. The second-order valence-electron chi connectivity index (χ2n) is 6.84. The summed E-state index contributed by atoms with van der Waals surface area (Å²) in [6.45, 7) is 2.11. The van der Waals surface area contributed by atoms with Gasteiger partial charge in [-0.25, -0.2) is 4.39 Å². The lowest BCUT2D eigenvalue weighted by Gasteiger charge is -2.14. The van der Waals surface area contributed by atoms with Gasteiger partial charge in [-0.1, -0.05) is 19.1 Å². The highest BCUT2D eigenvalue weighted by Crippen LogP contribution is 2.22. The maximum Gasteiger partial charge on any atom is 0.123 e. The number of hydrogen-bond donors (Lipinski definition) is 1. The fraction of sp³-hybridized carbons (Fsp3) is 0.217. The van der Waals surface area contributed by atoms with E-state index in [9.17, 15) is 4.39 Å². The fourth-order valence-corrected chi connectivity index (χ4v) is 3.21. The van der Waals surface area contributed by atoms with E-state index < -0.39 is 0 Å². The molecule has 0 saturated carbocycles. The zero-order chi connectivity index (χ0) is 20.6. The van der Waals surface area contributed by atoms with Crippen LogP contribution in [0.2, 0.25) is 0 Å². The second kappa shape index (κ2) is 9.68. The molecule has 2 aromatic heterocycles. The van der Waals surface area contributed by atoms with Crippen molar-refractivity contribution in [1.29, 1.82) is 0 Å². The molecule has 1 aromatic carbocycles. The zero-order valence-corrected chi connectivity index (χ0v) is 16.6. The minimum Gasteiger partial charge on any atom is -0.405 e. The maximum absolute atomic E-state index is 13.2. The van der Waals surface area contributed by atoms with E-state index in [-0.39, 0.29) is 11.7 Å². The molecule has 0 fully saturated rings. The Hall–Kier alpha value is -3.41. The predicted molar refractivity (Wildman–Crippen MR) is 113 cm³/mol. The molecule has 148 valence electrons. The third kappa shape index (κ3) is 5.54. The highest BCUT2D eigenvalue weighted by Gasteiger charge is 2.12. The van der Waals surface area contributed by atoms with Crippen molar-refractivity contribution in [2.75, 3.05) is 7.05 Å². The van der Waals surface area contributed by atoms with Gasteiger partial charge >= 0.3 is 0 Å². The van der Waals surface area contributed by atoms with Gasteiger partial charge < -0.3 is 5.73 Å². The van der Waals surface area contributed by atoms with Crippen LogP contribution >= 0.6 is 0 Å². The van der Waals surface area contributed by atoms with Crippen LogP contribution in [0.5, 0.6) is 0 Å². The normalized spacial score (nSPS) is 13.0. The van der Waals surface area contributed by atoms with Crippen LogP contribution in [-0.4, -0.2) is 27.7 Å². The summed E-state index contributed by atoms with van der Waals surface area (Å²) in [7, 11) is 1.74. The number of pyridine rings is 1. The number of nitrogens with two attached hydrogens (primary N) is 1. The van der Waals surface area contributed by atoms with Gasteiger partial charge in [-0.3, -0.25) is 19.9 Å². The lowest BCUT2D eigenvalue weighted by Crippen LogP contribution is -2.08. The molecule has 0 amide bonds. The molecule has 2 heterocycles. The van der Waals surface area contributed by atoms with Gasteiger partial charge in [-0.2, -0.15) is 0 Å². The first-order valence-electron chi connectivity index (χ1n) is 9.44. The van der Waals surface area contributed by atoms with Crippen LogP contribution in [0.1, 0.15) is 41.1 Å². The van der Waals surface area contributed by atoms with Crippen molar-refractivity contribution in [3.05, 3.63) is 101 Å². The van der Waals surface area contributed by atoms with Crippen molar-refractivity contribution in [3.8, 4) is 0 Å². The summed E-state index contributed by atoms with van der Waals surface area (Å²) < 4.78 is 13.2. The Kier molecular flexibility index (Phi) is 6.79. The third-order valence-corrected chi connectivity index (χ3v) is 4.66. The minimum absolute atomic E-state index is 0.190. The summed E-state index contributed by atoms with van der Waals surface area (Å²) in [5, 5.41) is 0. The van der Waals surface area contributed by atoms with Crippen LogP contribution < -0.4 is 5.73 Å². The molecule has 0 saturated heterocycles. The standard InChI is InChI=1S/C23H24FN5/c1-16(17-3-5-19(24)6-4-17)11-20-12-18(23(26-2)7-8-25)13-21(29-20)14-22-15-27-9-10-28-22/h3-10,12-13,15-16H,11,14,25H2,1-2H3/t16-/m1/s1. The quantitative estimate of drug-likeness (QED) is 0.623. The van der Waals surface area contributed by atoms with E-state index in [4.69, 9.17) is 10.7 Å². The first-order chi connectivity index (χ1) is 14.1. The van der Waals surface area contributed by atoms with E-state index in [1.54, 1.807) is 31.7 Å². The van der Waals surface area contributed by atoms with Gasteiger partial charge in [0, 0.05) is 49.0 Å². The highest BCUT2D eigenvalue weighted by molar-refractivity contribution is 6.08. The second-order valence-corrected chi connectivity index (χ2v) is 6.84. The van der Waals surface area contributed by atoms with E-state index >= 15 is 0 Å². The molecule has 5 nitrogen and oxygen atoms in total. The number of aliphatic imine (C=N–C) groups is 1. The Morgan fingerprint density at radius 3 is 2.55 bits per heavy atom. The third-order valence-electron chi connectivity index (χ3n) is 4.66. The zero-order valence-electron chi connectivity index (χ0n) is 16.6. The Balaban J connectivity index is 1.93. The predicted octanol–water partition coefficient (Wildman–Crippen LogP) is 3.84. The average Bonchev–Trinajstić information content (AvgIpc) is 2.73. The van der Waals surface area contributed by atoms with Gasteiger partial charge in [-0.05, 0) is 54.4 Å². The van der Waals surface area contributed by atoms with E-state index in [0.29, 0.717) is 6.42 Å². The molecule has 1 atom stereocenters. The lowest BCUT2D eigenvalue weighted by molar-refractivity contribution is 0.625. The molecule has 0 aliphatic rings. The molecule has 2 N–H and O–H groups in total.